The number of rotatable bonds is 3. The third-order valence-corrected chi connectivity index (χ3v) is 1.44. The van der Waals surface area contributed by atoms with Crippen molar-refractivity contribution < 1.29 is 0 Å². The van der Waals surface area contributed by atoms with Crippen molar-refractivity contribution in [2.24, 2.45) is 11.6 Å². The van der Waals surface area contributed by atoms with Crippen molar-refractivity contribution in [3.8, 4) is 0 Å². The number of hydrogen-bond donors (Lipinski definition) is 1. The molecule has 1 radical (unpaired) electrons. The minimum atomic E-state index is 1.04. The first-order valence-electron chi connectivity index (χ1n) is 2.97. The highest BCUT2D eigenvalue weighted by Crippen LogP contribution is 2.33. The maximum atomic E-state index is 5.18. The van der Waals surface area contributed by atoms with Crippen LogP contribution in [0.15, 0.2) is 0 Å². The quantitative estimate of drug-likeness (QED) is 0.516. The molecule has 1 rings (SSSR count). The normalized spacial score (nSPS) is 19.6. The van der Waals surface area contributed by atoms with Crippen LogP contribution in [0.3, 0.4) is 0 Å². The molecule has 1 aliphatic carbocycles. The molecular formula is C5H11BN. The summed E-state index contributed by atoms with van der Waals surface area (Å²) in [6, 6.07) is 0. The highest BCUT2D eigenvalue weighted by molar-refractivity contribution is 6.30. The Labute approximate surface area is 45.5 Å². The lowest BCUT2D eigenvalue weighted by Crippen LogP contribution is -2.02. The topological polar surface area (TPSA) is 26.0 Å². The number of nitrogens with two attached hydrogens (primary N) is 1. The fourth-order valence-corrected chi connectivity index (χ4v) is 0.738. The van der Waals surface area contributed by atoms with Gasteiger partial charge < -0.3 is 5.64 Å². The van der Waals surface area contributed by atoms with E-state index in [1.54, 1.807) is 7.41 Å². The van der Waals surface area contributed by atoms with Gasteiger partial charge in [-0.05, 0) is 5.92 Å². The fourth-order valence-electron chi connectivity index (χ4n) is 0.738. The number of hydrogen-bond acceptors (Lipinski definition) is 1. The van der Waals surface area contributed by atoms with Crippen LogP contribution in [0.2, 0.25) is 6.32 Å². The summed E-state index contributed by atoms with van der Waals surface area (Å²) in [6.45, 7) is 0. The van der Waals surface area contributed by atoms with Crippen LogP contribution in [0.25, 0.3) is 0 Å². The van der Waals surface area contributed by atoms with Crippen LogP contribution >= 0.6 is 0 Å². The van der Waals surface area contributed by atoms with Gasteiger partial charge in [0, 0.05) is 0 Å². The van der Waals surface area contributed by atoms with E-state index >= 15 is 0 Å². The molecule has 0 unspecified atom stereocenters. The highest BCUT2D eigenvalue weighted by atomic mass is 14.4. The predicted octanol–water partition coefficient (Wildman–Crippen LogP) is 0.783. The van der Waals surface area contributed by atoms with E-state index in [2.05, 4.69) is 0 Å². The Morgan fingerprint density at radius 1 is 1.57 bits per heavy atom. The first-order valence-corrected chi connectivity index (χ1v) is 2.97. The molecule has 7 heavy (non-hydrogen) atoms. The van der Waals surface area contributed by atoms with Crippen LogP contribution in [0, 0.1) is 5.92 Å². The molecule has 2 N–H and O–H groups in total. The second-order valence-electron chi connectivity index (χ2n) is 2.26. The second kappa shape index (κ2) is 2.36. The van der Waals surface area contributed by atoms with Gasteiger partial charge in [0.25, 0.3) is 0 Å². The van der Waals surface area contributed by atoms with Gasteiger partial charge in [0.1, 0.15) is 0 Å². The molecule has 0 aliphatic heterocycles. The van der Waals surface area contributed by atoms with E-state index in [4.69, 9.17) is 5.64 Å². The van der Waals surface area contributed by atoms with Gasteiger partial charge in [-0.25, -0.2) is 0 Å². The first kappa shape index (κ1) is 5.17. The molecule has 1 aliphatic rings. The minimum absolute atomic E-state index is 1.04. The molecule has 0 saturated heterocycles. The molecule has 1 nitrogen and oxygen atoms in total. The lowest BCUT2D eigenvalue weighted by molar-refractivity contribution is 0.794. The average molecular weight is 96.0 g/mol. The van der Waals surface area contributed by atoms with Gasteiger partial charge in [0.15, 0.2) is 0 Å². The highest BCUT2D eigenvalue weighted by Gasteiger charge is 2.19. The average Bonchev–Trinajstić information content (AvgIpc) is 2.42. The largest absolute Gasteiger partial charge is 0.374 e. The zero-order valence-corrected chi connectivity index (χ0v) is 4.56. The third kappa shape index (κ3) is 1.98. The monoisotopic (exact) mass is 96.1 g/mol. The van der Waals surface area contributed by atoms with Crippen molar-refractivity contribution in [1.82, 2.24) is 0 Å². The summed E-state index contributed by atoms with van der Waals surface area (Å²) >= 11 is 0. The van der Waals surface area contributed by atoms with Crippen LogP contribution in [-0.4, -0.2) is 7.41 Å². The molecule has 0 aromatic heterocycles. The van der Waals surface area contributed by atoms with Crippen molar-refractivity contribution in [2.45, 2.75) is 25.6 Å². The summed E-state index contributed by atoms with van der Waals surface area (Å²) < 4.78 is 0. The van der Waals surface area contributed by atoms with Gasteiger partial charge in [0.2, 0.25) is 7.41 Å². The third-order valence-electron chi connectivity index (χ3n) is 1.44. The van der Waals surface area contributed by atoms with E-state index in [1.165, 1.54) is 19.3 Å². The lowest BCUT2D eigenvalue weighted by Gasteiger charge is -1.87. The smallest absolute Gasteiger partial charge is 0.202 e. The van der Waals surface area contributed by atoms with Crippen LogP contribution in [0.4, 0.5) is 0 Å². The second-order valence-corrected chi connectivity index (χ2v) is 2.26. The molecule has 1 saturated carbocycles. The van der Waals surface area contributed by atoms with E-state index < -0.39 is 0 Å². The van der Waals surface area contributed by atoms with E-state index in [1.807, 2.05) is 0 Å². The maximum Gasteiger partial charge on any atom is 0.202 e. The summed E-state index contributed by atoms with van der Waals surface area (Å²) in [5, 5.41) is 0. The summed E-state index contributed by atoms with van der Waals surface area (Å²) in [7, 11) is 1.76. The summed E-state index contributed by atoms with van der Waals surface area (Å²) in [5.41, 5.74) is 5.18. The molecule has 0 amide bonds. The van der Waals surface area contributed by atoms with Crippen molar-refractivity contribution in [1.29, 1.82) is 0 Å². The Morgan fingerprint density at radius 2 is 2.29 bits per heavy atom. The molecule has 0 heterocycles. The van der Waals surface area contributed by atoms with Gasteiger partial charge in [-0.1, -0.05) is 25.6 Å². The van der Waals surface area contributed by atoms with Crippen molar-refractivity contribution in [3.63, 3.8) is 0 Å². The molecule has 0 aromatic rings. The molecule has 0 atom stereocenters. The van der Waals surface area contributed by atoms with E-state index in [-0.39, 0.29) is 0 Å². The van der Waals surface area contributed by atoms with Gasteiger partial charge in [-0.3, -0.25) is 0 Å². The molecule has 0 bridgehead atoms. The summed E-state index contributed by atoms with van der Waals surface area (Å²) in [5.74, 6) is 1.04. The van der Waals surface area contributed by atoms with Crippen molar-refractivity contribution in [3.05, 3.63) is 0 Å². The SMILES string of the molecule is N[B]CCC1CC1. The Balaban J connectivity index is 1.80. The summed E-state index contributed by atoms with van der Waals surface area (Å²) in [6.07, 6.45) is 5.35. The Kier molecular flexibility index (Phi) is 1.74. The summed E-state index contributed by atoms with van der Waals surface area (Å²) in [4.78, 5) is 0. The standard InChI is InChI=1S/C5H11BN/c7-6-4-3-5-1-2-5/h5H,1-4,7H2. The fraction of sp³-hybridized carbons (Fsp3) is 1.00. The van der Waals surface area contributed by atoms with Gasteiger partial charge in [-0.2, -0.15) is 0 Å². The minimum Gasteiger partial charge on any atom is -0.374 e. The van der Waals surface area contributed by atoms with E-state index in [9.17, 15) is 0 Å². The predicted molar refractivity (Wildman–Crippen MR) is 32.1 cm³/mol. The van der Waals surface area contributed by atoms with Crippen LogP contribution < -0.4 is 5.64 Å². The van der Waals surface area contributed by atoms with Crippen LogP contribution in [0.5, 0.6) is 0 Å². The Morgan fingerprint density at radius 3 is 2.71 bits per heavy atom. The molecule has 39 valence electrons. The van der Waals surface area contributed by atoms with E-state index in [0.717, 1.165) is 12.2 Å². The lowest BCUT2D eigenvalue weighted by atomic mass is 9.88. The molecule has 0 aromatic carbocycles. The molecular weight excluding hydrogens is 84.9 g/mol. The van der Waals surface area contributed by atoms with E-state index in [0.29, 0.717) is 0 Å². The van der Waals surface area contributed by atoms with Crippen LogP contribution in [-0.2, 0) is 0 Å². The first-order chi connectivity index (χ1) is 3.43. The van der Waals surface area contributed by atoms with Gasteiger partial charge in [-0.15, -0.1) is 0 Å². The van der Waals surface area contributed by atoms with Crippen LogP contribution in [0.1, 0.15) is 19.3 Å². The Bertz CT molecular complexity index is 52.0. The van der Waals surface area contributed by atoms with Gasteiger partial charge >= 0.3 is 0 Å². The Hall–Kier alpha value is 0.0249. The zero-order valence-electron chi connectivity index (χ0n) is 4.56. The van der Waals surface area contributed by atoms with Gasteiger partial charge in [0.05, 0.1) is 0 Å². The maximum absolute atomic E-state index is 5.18. The van der Waals surface area contributed by atoms with Crippen molar-refractivity contribution >= 4 is 7.41 Å². The molecule has 1 fully saturated rings. The molecule has 0 spiro atoms. The zero-order chi connectivity index (χ0) is 5.11. The van der Waals surface area contributed by atoms with Crippen molar-refractivity contribution in [2.75, 3.05) is 0 Å². The molecule has 2 heteroatoms.